The fourth-order valence-electron chi connectivity index (χ4n) is 2.83. The highest BCUT2D eigenvalue weighted by Crippen LogP contribution is 2.22. The Labute approximate surface area is 154 Å². The molecule has 1 aliphatic rings. The van der Waals surface area contributed by atoms with E-state index in [4.69, 9.17) is 9.84 Å². The van der Waals surface area contributed by atoms with Gasteiger partial charge in [-0.3, -0.25) is 10.1 Å². The quantitative estimate of drug-likeness (QED) is 0.831. The summed E-state index contributed by atoms with van der Waals surface area (Å²) in [6.45, 7) is 0.858. The second-order valence-corrected chi connectivity index (χ2v) is 7.12. The Hall–Kier alpha value is -2.68. The zero-order valence-corrected chi connectivity index (χ0v) is 15.2. The number of nitrogens with one attached hydrogen (secondary N) is 1. The number of anilines is 1. The van der Waals surface area contributed by atoms with Gasteiger partial charge in [0.05, 0.1) is 13.0 Å². The maximum Gasteiger partial charge on any atom is 0.323 e. The van der Waals surface area contributed by atoms with E-state index in [-0.39, 0.29) is 11.9 Å². The number of hydrogen-bond donors (Lipinski definition) is 2. The van der Waals surface area contributed by atoms with E-state index in [1.165, 1.54) is 11.3 Å². The summed E-state index contributed by atoms with van der Waals surface area (Å²) >= 11 is 1.32. The van der Waals surface area contributed by atoms with Crippen molar-refractivity contribution in [2.45, 2.75) is 19.3 Å². The van der Waals surface area contributed by atoms with Crippen LogP contribution in [0.25, 0.3) is 0 Å². The molecule has 0 aliphatic carbocycles. The summed E-state index contributed by atoms with van der Waals surface area (Å²) in [6, 6.07) is 7.44. The van der Waals surface area contributed by atoms with Crippen LogP contribution in [0.4, 0.5) is 9.93 Å². The summed E-state index contributed by atoms with van der Waals surface area (Å²) < 4.78 is 5.21. The van der Waals surface area contributed by atoms with Crippen molar-refractivity contribution >= 4 is 28.5 Å². The van der Waals surface area contributed by atoms with Gasteiger partial charge in [-0.25, -0.2) is 4.79 Å². The summed E-state index contributed by atoms with van der Waals surface area (Å²) in [4.78, 5) is 24.9. The fraction of sp³-hybridized carbons (Fsp3) is 0.412. The molecule has 1 fully saturated rings. The normalized spacial score (nSPS) is 14.9. The number of aliphatic carboxylic acids is 1. The number of likely N-dealkylation sites (tertiary alicyclic amines) is 1. The Morgan fingerprint density at radius 2 is 2.12 bits per heavy atom. The van der Waals surface area contributed by atoms with Gasteiger partial charge in [-0.1, -0.05) is 23.5 Å². The maximum absolute atomic E-state index is 12.3. The molecule has 0 radical (unpaired) electrons. The Bertz CT molecular complexity index is 787. The molecule has 0 bridgehead atoms. The molecule has 1 aliphatic heterocycles. The van der Waals surface area contributed by atoms with Crippen LogP contribution in [0.15, 0.2) is 24.3 Å². The minimum atomic E-state index is -0.795. The third kappa shape index (κ3) is 4.48. The predicted octanol–water partition coefficient (Wildman–Crippen LogP) is 2.47. The molecule has 0 spiro atoms. The van der Waals surface area contributed by atoms with Gasteiger partial charge >= 0.3 is 12.0 Å². The molecule has 2 aromatic rings. The number of nitrogens with zero attached hydrogens (tertiary/aromatic N) is 3. The van der Waals surface area contributed by atoms with E-state index in [1.54, 1.807) is 12.0 Å². The number of aromatic nitrogens is 2. The van der Waals surface area contributed by atoms with Gasteiger partial charge in [-0.05, 0) is 30.5 Å². The topological polar surface area (TPSA) is 105 Å². The first-order chi connectivity index (χ1) is 12.5. The van der Waals surface area contributed by atoms with Gasteiger partial charge in [0.15, 0.2) is 0 Å². The molecule has 2 amide bonds. The molecule has 0 atom stereocenters. The van der Waals surface area contributed by atoms with Crippen molar-refractivity contribution in [1.29, 1.82) is 0 Å². The molecule has 2 N–H and O–H groups in total. The number of piperidine rings is 1. The van der Waals surface area contributed by atoms with Crippen LogP contribution in [0, 0.1) is 5.92 Å². The third-order valence-electron chi connectivity index (χ3n) is 4.30. The average Bonchev–Trinajstić information content (AvgIpc) is 3.08. The van der Waals surface area contributed by atoms with Crippen molar-refractivity contribution < 1.29 is 19.4 Å². The maximum atomic E-state index is 12.3. The highest BCUT2D eigenvalue weighted by Gasteiger charge is 2.27. The number of amides is 2. The number of urea groups is 1. The van der Waals surface area contributed by atoms with Crippen LogP contribution in [-0.2, 0) is 11.2 Å². The van der Waals surface area contributed by atoms with Crippen LogP contribution in [0.3, 0.4) is 0 Å². The molecule has 9 heteroatoms. The van der Waals surface area contributed by atoms with Gasteiger partial charge in [-0.15, -0.1) is 10.2 Å². The lowest BCUT2D eigenvalue weighted by atomic mass is 9.97. The Kier molecular flexibility index (Phi) is 5.67. The van der Waals surface area contributed by atoms with Crippen molar-refractivity contribution in [3.8, 4) is 5.75 Å². The fourth-order valence-corrected chi connectivity index (χ4v) is 3.60. The van der Waals surface area contributed by atoms with Crippen LogP contribution >= 0.6 is 11.3 Å². The van der Waals surface area contributed by atoms with Gasteiger partial charge in [0, 0.05) is 19.5 Å². The molecule has 26 heavy (non-hydrogen) atoms. The van der Waals surface area contributed by atoms with E-state index in [0.717, 1.165) is 16.3 Å². The number of methoxy groups -OCH3 is 1. The van der Waals surface area contributed by atoms with Crippen molar-refractivity contribution in [2.75, 3.05) is 25.5 Å². The average molecular weight is 376 g/mol. The van der Waals surface area contributed by atoms with Crippen LogP contribution in [0.2, 0.25) is 0 Å². The molecule has 2 heterocycles. The minimum absolute atomic E-state index is 0.266. The van der Waals surface area contributed by atoms with E-state index >= 15 is 0 Å². The van der Waals surface area contributed by atoms with E-state index in [9.17, 15) is 9.59 Å². The molecule has 0 saturated carbocycles. The van der Waals surface area contributed by atoms with Crippen molar-refractivity contribution in [2.24, 2.45) is 5.92 Å². The van der Waals surface area contributed by atoms with E-state index in [1.807, 2.05) is 24.3 Å². The standard InChI is InChI=1S/C17H20N4O4S/c1-25-13-4-2-3-11(9-13)10-14-19-20-16(26-14)18-17(24)21-7-5-12(6-8-21)15(22)23/h2-4,9,12H,5-8,10H2,1H3,(H,22,23)(H,18,20,24). The monoisotopic (exact) mass is 376 g/mol. The van der Waals surface area contributed by atoms with Crippen LogP contribution in [-0.4, -0.2) is 52.4 Å². The van der Waals surface area contributed by atoms with Crippen molar-refractivity contribution in [3.63, 3.8) is 0 Å². The summed E-state index contributed by atoms with van der Waals surface area (Å²) in [5, 5.41) is 21.1. The molecule has 0 unspecified atom stereocenters. The van der Waals surface area contributed by atoms with Gasteiger partial charge in [0.2, 0.25) is 5.13 Å². The van der Waals surface area contributed by atoms with Gasteiger partial charge in [0.1, 0.15) is 10.8 Å². The van der Waals surface area contributed by atoms with E-state index in [2.05, 4.69) is 15.5 Å². The second-order valence-electron chi connectivity index (χ2n) is 6.06. The molecule has 3 rings (SSSR count). The number of carbonyl (C=O) groups excluding carboxylic acids is 1. The van der Waals surface area contributed by atoms with Gasteiger partial charge < -0.3 is 14.7 Å². The highest BCUT2D eigenvalue weighted by atomic mass is 32.1. The Balaban J connectivity index is 1.55. The molecule has 8 nitrogen and oxygen atoms in total. The summed E-state index contributed by atoms with van der Waals surface area (Å²) in [5.41, 5.74) is 1.05. The lowest BCUT2D eigenvalue weighted by molar-refractivity contribution is -0.143. The first-order valence-electron chi connectivity index (χ1n) is 8.29. The molecule has 1 aromatic carbocycles. The molecule has 1 aromatic heterocycles. The Morgan fingerprint density at radius 1 is 1.35 bits per heavy atom. The van der Waals surface area contributed by atoms with Crippen LogP contribution < -0.4 is 10.1 Å². The Morgan fingerprint density at radius 3 is 2.81 bits per heavy atom. The number of carbonyl (C=O) groups is 2. The zero-order valence-electron chi connectivity index (χ0n) is 14.3. The lowest BCUT2D eigenvalue weighted by Crippen LogP contribution is -2.42. The first kappa shape index (κ1) is 18.1. The highest BCUT2D eigenvalue weighted by molar-refractivity contribution is 7.15. The van der Waals surface area contributed by atoms with Crippen LogP contribution in [0.5, 0.6) is 5.75 Å². The second kappa shape index (κ2) is 8.13. The smallest absolute Gasteiger partial charge is 0.323 e. The minimum Gasteiger partial charge on any atom is -0.497 e. The van der Waals surface area contributed by atoms with Crippen molar-refractivity contribution in [1.82, 2.24) is 15.1 Å². The lowest BCUT2D eigenvalue weighted by Gasteiger charge is -2.29. The zero-order chi connectivity index (χ0) is 18.5. The van der Waals surface area contributed by atoms with E-state index in [0.29, 0.717) is 37.5 Å². The SMILES string of the molecule is COc1cccc(Cc2nnc(NC(=O)N3CCC(C(=O)O)CC3)s2)c1. The number of carboxylic acid groups (broad SMARTS) is 1. The summed E-state index contributed by atoms with van der Waals surface area (Å²) in [6.07, 6.45) is 1.55. The van der Waals surface area contributed by atoms with Crippen molar-refractivity contribution in [3.05, 3.63) is 34.8 Å². The van der Waals surface area contributed by atoms with Crippen LogP contribution in [0.1, 0.15) is 23.4 Å². The number of rotatable bonds is 5. The number of carboxylic acids is 1. The molecule has 1 saturated heterocycles. The molecular formula is C17H20N4O4S. The number of benzene rings is 1. The predicted molar refractivity (Wildman–Crippen MR) is 96.7 cm³/mol. The van der Waals surface area contributed by atoms with Gasteiger partial charge in [0.25, 0.3) is 0 Å². The number of hydrogen-bond acceptors (Lipinski definition) is 6. The van der Waals surface area contributed by atoms with Gasteiger partial charge in [-0.2, -0.15) is 0 Å². The summed E-state index contributed by atoms with van der Waals surface area (Å²) in [5.74, 6) is -0.378. The molecular weight excluding hydrogens is 356 g/mol. The third-order valence-corrected chi connectivity index (χ3v) is 5.14. The number of ether oxygens (including phenoxy) is 1. The van der Waals surface area contributed by atoms with E-state index < -0.39 is 5.97 Å². The molecule has 138 valence electrons. The summed E-state index contributed by atoms with van der Waals surface area (Å²) in [7, 11) is 1.62. The first-order valence-corrected chi connectivity index (χ1v) is 9.11. The largest absolute Gasteiger partial charge is 0.497 e.